The smallest absolute Gasteiger partial charge is 0.305 e. The molecule has 122 valence electrons. The Labute approximate surface area is 132 Å². The predicted octanol–water partition coefficient (Wildman–Crippen LogP) is 3.07. The number of aliphatic carboxylic acids is 1. The largest absolute Gasteiger partial charge is 0.481 e. The molecule has 2 aromatic carbocycles. The van der Waals surface area contributed by atoms with E-state index < -0.39 is 23.6 Å². The van der Waals surface area contributed by atoms with Gasteiger partial charge >= 0.3 is 5.97 Å². The molecule has 1 atom stereocenters. The molecule has 0 bridgehead atoms. The third-order valence-corrected chi connectivity index (χ3v) is 3.23. The molecule has 2 aromatic rings. The average Bonchev–Trinajstić information content (AvgIpc) is 2.51. The lowest BCUT2D eigenvalue weighted by Gasteiger charge is -2.17. The van der Waals surface area contributed by atoms with Crippen LogP contribution in [0.2, 0.25) is 0 Å². The fourth-order valence-electron chi connectivity index (χ4n) is 2.15. The fourth-order valence-corrected chi connectivity index (χ4v) is 2.15. The quantitative estimate of drug-likeness (QED) is 0.734. The van der Waals surface area contributed by atoms with Gasteiger partial charge in [0.15, 0.2) is 0 Å². The summed E-state index contributed by atoms with van der Waals surface area (Å²) < 4.78 is 26.9. The van der Waals surface area contributed by atoms with E-state index in [1.165, 1.54) is 0 Å². The van der Waals surface area contributed by atoms with Crippen molar-refractivity contribution in [3.05, 3.63) is 71.3 Å². The maximum atomic E-state index is 13.7. The molecule has 0 radical (unpaired) electrons. The van der Waals surface area contributed by atoms with Gasteiger partial charge in [-0.25, -0.2) is 8.78 Å². The van der Waals surface area contributed by atoms with E-state index in [-0.39, 0.29) is 25.0 Å². The third-order valence-electron chi connectivity index (χ3n) is 3.23. The number of benzene rings is 2. The summed E-state index contributed by atoms with van der Waals surface area (Å²) in [7, 11) is 0. The second-order valence-electron chi connectivity index (χ2n) is 5.13. The predicted molar refractivity (Wildman–Crippen MR) is 80.5 cm³/mol. The minimum Gasteiger partial charge on any atom is -0.481 e. The summed E-state index contributed by atoms with van der Waals surface area (Å²) in [5.74, 6) is -2.20. The number of carboxylic acid groups (broad SMARTS) is 1. The van der Waals surface area contributed by atoms with E-state index in [1.807, 2.05) is 30.3 Å². The highest BCUT2D eigenvalue weighted by Gasteiger charge is 2.17. The zero-order valence-corrected chi connectivity index (χ0v) is 12.3. The van der Waals surface area contributed by atoms with Gasteiger partial charge in [-0.2, -0.15) is 5.48 Å². The molecule has 6 heteroatoms. The highest BCUT2D eigenvalue weighted by atomic mass is 19.1. The average molecular weight is 321 g/mol. The van der Waals surface area contributed by atoms with Gasteiger partial charge < -0.3 is 5.11 Å². The van der Waals surface area contributed by atoms with Crippen molar-refractivity contribution in [2.75, 3.05) is 0 Å². The van der Waals surface area contributed by atoms with E-state index in [4.69, 9.17) is 9.94 Å². The summed E-state index contributed by atoms with van der Waals surface area (Å²) in [6.45, 7) is 0.239. The van der Waals surface area contributed by atoms with Crippen LogP contribution >= 0.6 is 0 Å². The summed E-state index contributed by atoms with van der Waals surface area (Å²) >= 11 is 0. The summed E-state index contributed by atoms with van der Waals surface area (Å²) in [5.41, 5.74) is 3.64. The Kier molecular flexibility index (Phi) is 6.19. The lowest BCUT2D eigenvalue weighted by molar-refractivity contribution is -0.138. The van der Waals surface area contributed by atoms with Gasteiger partial charge in [-0.1, -0.05) is 30.3 Å². The van der Waals surface area contributed by atoms with Gasteiger partial charge in [0.2, 0.25) is 0 Å². The molecule has 0 saturated carbocycles. The van der Waals surface area contributed by atoms with E-state index in [0.717, 1.165) is 23.8 Å². The van der Waals surface area contributed by atoms with Gasteiger partial charge in [0.25, 0.3) is 0 Å². The van der Waals surface area contributed by atoms with Crippen molar-refractivity contribution in [1.29, 1.82) is 0 Å². The first-order valence-corrected chi connectivity index (χ1v) is 7.11. The summed E-state index contributed by atoms with van der Waals surface area (Å²) in [6.07, 6.45) is -0.268. The number of hydrogen-bond donors (Lipinski definition) is 2. The van der Waals surface area contributed by atoms with Crippen LogP contribution in [0.25, 0.3) is 0 Å². The van der Waals surface area contributed by atoms with E-state index >= 15 is 0 Å². The van der Waals surface area contributed by atoms with Gasteiger partial charge in [0, 0.05) is 6.04 Å². The van der Waals surface area contributed by atoms with Crippen LogP contribution in [0.3, 0.4) is 0 Å². The topological polar surface area (TPSA) is 58.6 Å². The number of hydrogen-bond acceptors (Lipinski definition) is 3. The molecular formula is C17H17F2NO3. The Balaban J connectivity index is 1.96. The molecule has 23 heavy (non-hydrogen) atoms. The van der Waals surface area contributed by atoms with Crippen LogP contribution in [0.1, 0.15) is 17.5 Å². The SMILES string of the molecule is O=C(O)CC(Cc1cc(F)ccc1F)NOCc1ccccc1. The Morgan fingerprint density at radius 2 is 1.91 bits per heavy atom. The van der Waals surface area contributed by atoms with Crippen molar-refractivity contribution in [3.8, 4) is 0 Å². The van der Waals surface area contributed by atoms with E-state index in [9.17, 15) is 13.6 Å². The molecule has 0 aliphatic heterocycles. The first-order chi connectivity index (χ1) is 11.0. The van der Waals surface area contributed by atoms with Crippen LogP contribution in [0.4, 0.5) is 8.78 Å². The van der Waals surface area contributed by atoms with Crippen molar-refractivity contribution in [2.24, 2.45) is 0 Å². The van der Waals surface area contributed by atoms with Crippen molar-refractivity contribution >= 4 is 5.97 Å². The maximum Gasteiger partial charge on any atom is 0.305 e. The summed E-state index contributed by atoms with van der Waals surface area (Å²) in [6, 6.07) is 11.7. The van der Waals surface area contributed by atoms with Crippen LogP contribution < -0.4 is 5.48 Å². The summed E-state index contributed by atoms with van der Waals surface area (Å²) in [5, 5.41) is 8.94. The lowest BCUT2D eigenvalue weighted by Crippen LogP contribution is -2.33. The molecule has 0 aromatic heterocycles. The van der Waals surface area contributed by atoms with Crippen molar-refractivity contribution < 1.29 is 23.5 Å². The molecule has 0 heterocycles. The number of carboxylic acids is 1. The van der Waals surface area contributed by atoms with Gasteiger partial charge in [-0.3, -0.25) is 9.63 Å². The zero-order valence-electron chi connectivity index (χ0n) is 12.3. The number of rotatable bonds is 8. The van der Waals surface area contributed by atoms with Crippen LogP contribution in [0.5, 0.6) is 0 Å². The summed E-state index contributed by atoms with van der Waals surface area (Å²) in [4.78, 5) is 16.2. The highest BCUT2D eigenvalue weighted by molar-refractivity contribution is 5.67. The Morgan fingerprint density at radius 3 is 2.61 bits per heavy atom. The molecule has 0 spiro atoms. The number of halogens is 2. The first kappa shape index (κ1) is 17.1. The van der Waals surface area contributed by atoms with E-state index in [1.54, 1.807) is 0 Å². The van der Waals surface area contributed by atoms with Gasteiger partial charge in [0.05, 0.1) is 13.0 Å². The minimum atomic E-state index is -1.05. The van der Waals surface area contributed by atoms with Crippen LogP contribution in [0.15, 0.2) is 48.5 Å². The minimum absolute atomic E-state index is 0.00465. The van der Waals surface area contributed by atoms with Crippen LogP contribution in [-0.2, 0) is 22.7 Å². The van der Waals surface area contributed by atoms with Crippen molar-refractivity contribution in [1.82, 2.24) is 5.48 Å². The highest BCUT2D eigenvalue weighted by Crippen LogP contribution is 2.13. The van der Waals surface area contributed by atoms with Crippen molar-refractivity contribution in [3.63, 3.8) is 0 Å². The van der Waals surface area contributed by atoms with Crippen molar-refractivity contribution in [2.45, 2.75) is 25.5 Å². The Bertz CT molecular complexity index is 650. The third kappa shape index (κ3) is 5.77. The number of hydroxylamine groups is 1. The Morgan fingerprint density at radius 1 is 1.17 bits per heavy atom. The molecule has 4 nitrogen and oxygen atoms in total. The molecule has 1 unspecified atom stereocenters. The van der Waals surface area contributed by atoms with Gasteiger partial charge in [-0.05, 0) is 35.7 Å². The standard InChI is InChI=1S/C17H17F2NO3/c18-14-6-7-16(19)13(8-14)9-15(10-17(21)22)20-23-11-12-4-2-1-3-5-12/h1-8,15,20H,9-11H2,(H,21,22). The fraction of sp³-hybridized carbons (Fsp3) is 0.235. The number of carbonyl (C=O) groups is 1. The molecule has 2 rings (SSSR count). The molecular weight excluding hydrogens is 304 g/mol. The lowest BCUT2D eigenvalue weighted by atomic mass is 10.0. The number of nitrogens with one attached hydrogen (secondary N) is 1. The second-order valence-corrected chi connectivity index (χ2v) is 5.13. The Hall–Kier alpha value is -2.31. The van der Waals surface area contributed by atoms with Gasteiger partial charge in [-0.15, -0.1) is 0 Å². The molecule has 2 N–H and O–H groups in total. The monoisotopic (exact) mass is 321 g/mol. The van der Waals surface area contributed by atoms with Gasteiger partial charge in [0.1, 0.15) is 11.6 Å². The molecule has 0 saturated heterocycles. The zero-order chi connectivity index (χ0) is 16.7. The first-order valence-electron chi connectivity index (χ1n) is 7.11. The molecule has 0 amide bonds. The maximum absolute atomic E-state index is 13.7. The van der Waals surface area contributed by atoms with Crippen LogP contribution in [0, 0.1) is 11.6 Å². The second kappa shape index (κ2) is 8.36. The van der Waals surface area contributed by atoms with E-state index in [0.29, 0.717) is 0 Å². The molecule has 0 fully saturated rings. The molecule has 0 aliphatic carbocycles. The van der Waals surface area contributed by atoms with E-state index in [2.05, 4.69) is 5.48 Å². The van der Waals surface area contributed by atoms with Crippen LogP contribution in [-0.4, -0.2) is 17.1 Å². The normalized spacial score (nSPS) is 12.1. The molecule has 0 aliphatic rings.